The summed E-state index contributed by atoms with van der Waals surface area (Å²) in [4.78, 5) is 4.79. The van der Waals surface area contributed by atoms with Crippen molar-refractivity contribution in [1.82, 2.24) is 0 Å². The van der Waals surface area contributed by atoms with Crippen molar-refractivity contribution in [2.24, 2.45) is 4.99 Å². The molecule has 0 aromatic heterocycles. The molecule has 118 valence electrons. The number of nitrogens with zero attached hydrogens (tertiary/aromatic N) is 1. The second-order valence-corrected chi connectivity index (χ2v) is 7.83. The van der Waals surface area contributed by atoms with E-state index >= 15 is 0 Å². The van der Waals surface area contributed by atoms with Crippen LogP contribution in [0.3, 0.4) is 0 Å². The zero-order chi connectivity index (χ0) is 16.2. The topological polar surface area (TPSA) is 24.4 Å². The summed E-state index contributed by atoms with van der Waals surface area (Å²) in [7, 11) is 0. The van der Waals surface area contributed by atoms with Crippen molar-refractivity contribution in [2.75, 3.05) is 11.6 Å². The average molecular weight is 307 g/mol. The van der Waals surface area contributed by atoms with E-state index in [1.54, 1.807) is 11.8 Å². The van der Waals surface area contributed by atoms with Gasteiger partial charge in [0.2, 0.25) is 0 Å². The lowest BCUT2D eigenvalue weighted by Crippen LogP contribution is -2.19. The quantitative estimate of drug-likeness (QED) is 0.558. The van der Waals surface area contributed by atoms with Crippen molar-refractivity contribution in [3.05, 3.63) is 29.3 Å². The van der Waals surface area contributed by atoms with Crippen LogP contribution in [0.1, 0.15) is 71.4 Å². The minimum absolute atomic E-state index is 0.0733. The van der Waals surface area contributed by atoms with E-state index in [0.717, 1.165) is 5.17 Å². The Morgan fingerprint density at radius 1 is 1.05 bits per heavy atom. The van der Waals surface area contributed by atoms with Crippen LogP contribution in [0, 0.1) is 0 Å². The van der Waals surface area contributed by atoms with E-state index < -0.39 is 0 Å². The summed E-state index contributed by atoms with van der Waals surface area (Å²) < 4.78 is 0. The van der Waals surface area contributed by atoms with Crippen LogP contribution in [0.25, 0.3) is 0 Å². The van der Waals surface area contributed by atoms with Crippen molar-refractivity contribution in [3.63, 3.8) is 0 Å². The van der Waals surface area contributed by atoms with Crippen LogP contribution in [-0.2, 0) is 0 Å². The molecule has 0 aliphatic rings. The van der Waals surface area contributed by atoms with Gasteiger partial charge in [0.25, 0.3) is 0 Å². The molecule has 0 saturated carbocycles. The van der Waals surface area contributed by atoms with Gasteiger partial charge in [-0.3, -0.25) is 4.99 Å². The van der Waals surface area contributed by atoms with E-state index in [0.29, 0.717) is 11.8 Å². The van der Waals surface area contributed by atoms with E-state index in [1.807, 2.05) is 0 Å². The van der Waals surface area contributed by atoms with Gasteiger partial charge >= 0.3 is 0 Å². The number of benzene rings is 1. The lowest BCUT2D eigenvalue weighted by Gasteiger charge is -2.22. The van der Waals surface area contributed by atoms with Gasteiger partial charge in [-0.05, 0) is 50.0 Å². The molecule has 0 unspecified atom stereocenters. The molecule has 1 aromatic carbocycles. The second kappa shape index (κ2) is 7.35. The normalized spacial score (nSPS) is 13.1. The van der Waals surface area contributed by atoms with Gasteiger partial charge in [0.1, 0.15) is 0 Å². The number of hydrogen-bond donors (Lipinski definition) is 1. The Morgan fingerprint density at radius 3 is 1.86 bits per heavy atom. The van der Waals surface area contributed by atoms with Crippen molar-refractivity contribution in [1.29, 1.82) is 0 Å². The number of rotatable bonds is 3. The third-order valence-electron chi connectivity index (χ3n) is 3.24. The molecule has 0 amide bonds. The van der Waals surface area contributed by atoms with E-state index in [2.05, 4.69) is 78.2 Å². The number of aliphatic imine (C=N–C) groups is 1. The largest absolute Gasteiger partial charge is 0.335 e. The van der Waals surface area contributed by atoms with Crippen molar-refractivity contribution < 1.29 is 0 Å². The maximum absolute atomic E-state index is 4.79. The van der Waals surface area contributed by atoms with Gasteiger partial charge < -0.3 is 5.32 Å². The molecule has 1 aromatic rings. The Morgan fingerprint density at radius 2 is 1.52 bits per heavy atom. The Balaban J connectivity index is 3.30. The van der Waals surface area contributed by atoms with Gasteiger partial charge in [-0.1, -0.05) is 57.7 Å². The van der Waals surface area contributed by atoms with Gasteiger partial charge in [0.15, 0.2) is 5.17 Å². The fourth-order valence-electron chi connectivity index (χ4n) is 2.23. The van der Waals surface area contributed by atoms with Crippen LogP contribution >= 0.6 is 11.8 Å². The predicted octanol–water partition coefficient (Wildman–Crippen LogP) is 5.86. The average Bonchev–Trinajstić information content (AvgIpc) is 2.35. The van der Waals surface area contributed by atoms with Crippen molar-refractivity contribution in [2.45, 2.75) is 65.8 Å². The molecule has 0 fully saturated rings. The molecular weight excluding hydrogens is 276 g/mol. The summed E-state index contributed by atoms with van der Waals surface area (Å²) in [5.41, 5.74) is 3.88. The molecule has 1 rings (SSSR count). The third-order valence-corrected chi connectivity index (χ3v) is 3.82. The number of amidine groups is 1. The van der Waals surface area contributed by atoms with E-state index in [9.17, 15) is 0 Å². The van der Waals surface area contributed by atoms with Gasteiger partial charge in [-0.25, -0.2) is 0 Å². The van der Waals surface area contributed by atoms with Crippen molar-refractivity contribution in [3.8, 4) is 0 Å². The molecule has 0 heterocycles. The molecule has 0 saturated heterocycles. The third kappa shape index (κ3) is 5.39. The van der Waals surface area contributed by atoms with Gasteiger partial charge in [-0.15, -0.1) is 0 Å². The molecular formula is C18H30N2S. The summed E-state index contributed by atoms with van der Waals surface area (Å²) in [6.45, 7) is 15.3. The standard InChI is InChI=1S/C18H30N2S/c1-12(2)14-10-9-11-15(13(3)4)16(14)19-17(21-8)20-18(5,6)7/h9-13H,1-8H3,(H,19,20). The minimum atomic E-state index is -0.0733. The zero-order valence-corrected chi connectivity index (χ0v) is 15.6. The lowest BCUT2D eigenvalue weighted by molar-refractivity contribution is 0.585. The van der Waals surface area contributed by atoms with Gasteiger partial charge in [0.05, 0.1) is 5.54 Å². The van der Waals surface area contributed by atoms with Crippen LogP contribution in [-0.4, -0.2) is 17.0 Å². The Kier molecular flexibility index (Phi) is 6.33. The number of thioether (sulfide) groups is 1. The molecule has 1 N–H and O–H groups in total. The molecule has 0 bridgehead atoms. The molecule has 0 spiro atoms. The molecule has 0 atom stereocenters. The first kappa shape index (κ1) is 18.1. The van der Waals surface area contributed by atoms with E-state index in [-0.39, 0.29) is 5.54 Å². The summed E-state index contributed by atoms with van der Waals surface area (Å²) in [6, 6.07) is 6.59. The smallest absolute Gasteiger partial charge is 0.161 e. The highest BCUT2D eigenvalue weighted by Gasteiger charge is 2.16. The summed E-state index contributed by atoms with van der Waals surface area (Å²) in [5.74, 6) is 0.980. The minimum Gasteiger partial charge on any atom is -0.335 e. The predicted molar refractivity (Wildman–Crippen MR) is 98.9 cm³/mol. The van der Waals surface area contributed by atoms with Crippen molar-refractivity contribution >= 4 is 22.6 Å². The number of hydrogen-bond acceptors (Lipinski definition) is 2. The maximum atomic E-state index is 4.79. The Hall–Kier alpha value is -0.960. The fourth-order valence-corrected chi connectivity index (χ4v) is 2.80. The Labute approximate surface area is 134 Å². The van der Waals surface area contributed by atoms with Crippen LogP contribution in [0.2, 0.25) is 0 Å². The molecule has 2 nitrogen and oxygen atoms in total. The molecule has 0 aliphatic carbocycles. The van der Waals surface area contributed by atoms with Gasteiger partial charge in [0, 0.05) is 5.69 Å². The van der Waals surface area contributed by atoms with Crippen LogP contribution in [0.15, 0.2) is 23.2 Å². The van der Waals surface area contributed by atoms with E-state index in [4.69, 9.17) is 4.99 Å². The molecule has 0 radical (unpaired) electrons. The molecule has 21 heavy (non-hydrogen) atoms. The monoisotopic (exact) mass is 306 g/mol. The number of para-hydroxylation sites is 1. The SMILES string of the molecule is CSC(=NC(C)(C)C)Nc1c(C(C)C)cccc1C(C)C. The van der Waals surface area contributed by atoms with Gasteiger partial charge in [-0.2, -0.15) is 0 Å². The van der Waals surface area contributed by atoms with Crippen LogP contribution in [0.4, 0.5) is 5.69 Å². The fraction of sp³-hybridized carbons (Fsp3) is 0.611. The number of anilines is 1. The highest BCUT2D eigenvalue weighted by molar-refractivity contribution is 8.13. The number of nitrogens with one attached hydrogen (secondary N) is 1. The Bertz CT molecular complexity index is 470. The second-order valence-electron chi connectivity index (χ2n) is 7.04. The highest BCUT2D eigenvalue weighted by atomic mass is 32.2. The van der Waals surface area contributed by atoms with Crippen LogP contribution < -0.4 is 5.32 Å². The summed E-state index contributed by atoms with van der Waals surface area (Å²) in [5, 5.41) is 4.58. The first-order chi connectivity index (χ1) is 9.65. The first-order valence-electron chi connectivity index (χ1n) is 7.69. The van der Waals surface area contributed by atoms with Crippen LogP contribution in [0.5, 0.6) is 0 Å². The summed E-state index contributed by atoms with van der Waals surface area (Å²) in [6.07, 6.45) is 2.07. The highest BCUT2D eigenvalue weighted by Crippen LogP contribution is 2.33. The lowest BCUT2D eigenvalue weighted by atomic mass is 9.93. The zero-order valence-electron chi connectivity index (χ0n) is 14.7. The van der Waals surface area contributed by atoms with E-state index in [1.165, 1.54) is 16.8 Å². The molecule has 0 aliphatic heterocycles. The molecule has 3 heteroatoms. The summed E-state index contributed by atoms with van der Waals surface area (Å²) >= 11 is 1.67. The maximum Gasteiger partial charge on any atom is 0.161 e. The first-order valence-corrected chi connectivity index (χ1v) is 8.92.